The standard InChI is InChI=1S/C19H22F2N2O3S/c1-12-9-13(2)18(14(3)10-12)22-17(24)11-23(4)15-7-5-6-8-16(15)27(25,26)19(20)21/h5-10,19H,11H2,1-4H3,(H,22,24). The van der Waals surface area contributed by atoms with E-state index in [2.05, 4.69) is 5.32 Å². The summed E-state index contributed by atoms with van der Waals surface area (Å²) in [6, 6.07) is 9.28. The molecule has 27 heavy (non-hydrogen) atoms. The Balaban J connectivity index is 2.24. The normalized spacial score (nSPS) is 11.5. The molecule has 0 aliphatic heterocycles. The zero-order chi connectivity index (χ0) is 20.4. The fourth-order valence-electron chi connectivity index (χ4n) is 2.97. The SMILES string of the molecule is Cc1cc(C)c(NC(=O)CN(C)c2ccccc2S(=O)(=O)C(F)F)c(C)c1. The number of aryl methyl sites for hydroxylation is 3. The number of sulfone groups is 1. The Kier molecular flexibility index (Phi) is 6.20. The first-order chi connectivity index (χ1) is 12.5. The Morgan fingerprint density at radius 3 is 2.22 bits per heavy atom. The third kappa shape index (κ3) is 4.63. The van der Waals surface area contributed by atoms with Gasteiger partial charge in [-0.05, 0) is 44.0 Å². The van der Waals surface area contributed by atoms with Gasteiger partial charge in [0.05, 0.1) is 17.1 Å². The van der Waals surface area contributed by atoms with Crippen LogP contribution in [0.3, 0.4) is 0 Å². The molecule has 0 bridgehead atoms. The fourth-order valence-corrected chi connectivity index (χ4v) is 3.94. The molecule has 0 fully saturated rings. The summed E-state index contributed by atoms with van der Waals surface area (Å²) in [5.41, 5.74) is 3.62. The van der Waals surface area contributed by atoms with Gasteiger partial charge in [-0.25, -0.2) is 8.42 Å². The first-order valence-electron chi connectivity index (χ1n) is 8.24. The lowest BCUT2D eigenvalue weighted by Crippen LogP contribution is -2.31. The molecular formula is C19H22F2N2O3S. The summed E-state index contributed by atoms with van der Waals surface area (Å²) in [6.07, 6.45) is 0. The van der Waals surface area contributed by atoms with Crippen LogP contribution in [0.2, 0.25) is 0 Å². The van der Waals surface area contributed by atoms with Crippen LogP contribution in [0.4, 0.5) is 20.2 Å². The van der Waals surface area contributed by atoms with Crippen LogP contribution >= 0.6 is 0 Å². The largest absolute Gasteiger partial charge is 0.364 e. The molecule has 0 atom stereocenters. The van der Waals surface area contributed by atoms with Crippen LogP contribution < -0.4 is 10.2 Å². The van der Waals surface area contributed by atoms with E-state index in [4.69, 9.17) is 0 Å². The molecule has 146 valence electrons. The summed E-state index contributed by atoms with van der Waals surface area (Å²) in [6.45, 7) is 5.52. The molecule has 2 rings (SSSR count). The Morgan fingerprint density at radius 2 is 1.67 bits per heavy atom. The number of likely N-dealkylation sites (N-methyl/N-ethyl adjacent to an activating group) is 1. The lowest BCUT2D eigenvalue weighted by atomic mass is 10.1. The number of hydrogen-bond donors (Lipinski definition) is 1. The summed E-state index contributed by atoms with van der Waals surface area (Å²) in [5.74, 6) is -3.91. The van der Waals surface area contributed by atoms with E-state index < -0.39 is 20.5 Å². The molecule has 2 aromatic carbocycles. The quantitative estimate of drug-likeness (QED) is 0.809. The van der Waals surface area contributed by atoms with E-state index in [1.165, 1.54) is 30.1 Å². The number of carbonyl (C=O) groups excluding carboxylic acids is 1. The van der Waals surface area contributed by atoms with E-state index in [1.54, 1.807) is 0 Å². The third-order valence-corrected chi connectivity index (χ3v) is 5.57. The Bertz CT molecular complexity index is 936. The summed E-state index contributed by atoms with van der Waals surface area (Å²) >= 11 is 0. The molecule has 2 aromatic rings. The van der Waals surface area contributed by atoms with Gasteiger partial charge in [-0.1, -0.05) is 29.8 Å². The summed E-state index contributed by atoms with van der Waals surface area (Å²) in [7, 11) is -3.29. The number of carbonyl (C=O) groups is 1. The first-order valence-corrected chi connectivity index (χ1v) is 9.78. The van der Waals surface area contributed by atoms with Crippen molar-refractivity contribution < 1.29 is 22.0 Å². The monoisotopic (exact) mass is 396 g/mol. The number of halogens is 2. The zero-order valence-corrected chi connectivity index (χ0v) is 16.4. The highest BCUT2D eigenvalue weighted by Crippen LogP contribution is 2.28. The minimum atomic E-state index is -4.77. The van der Waals surface area contributed by atoms with Gasteiger partial charge in [-0.3, -0.25) is 4.79 Å². The molecule has 5 nitrogen and oxygen atoms in total. The van der Waals surface area contributed by atoms with Crippen LogP contribution in [0, 0.1) is 20.8 Å². The Labute approximate surface area is 157 Å². The number of nitrogens with zero attached hydrogens (tertiary/aromatic N) is 1. The third-order valence-electron chi connectivity index (χ3n) is 4.14. The van der Waals surface area contributed by atoms with Crippen molar-refractivity contribution in [1.82, 2.24) is 0 Å². The van der Waals surface area contributed by atoms with Crippen molar-refractivity contribution in [1.29, 1.82) is 0 Å². The van der Waals surface area contributed by atoms with Crippen LogP contribution in [0.5, 0.6) is 0 Å². The van der Waals surface area contributed by atoms with Crippen LogP contribution in [-0.4, -0.2) is 33.7 Å². The van der Waals surface area contributed by atoms with Crippen molar-refractivity contribution in [3.8, 4) is 0 Å². The van der Waals surface area contributed by atoms with E-state index in [-0.39, 0.29) is 18.1 Å². The van der Waals surface area contributed by atoms with Crippen molar-refractivity contribution in [2.24, 2.45) is 0 Å². The van der Waals surface area contributed by atoms with E-state index in [0.29, 0.717) is 5.69 Å². The molecule has 1 N–H and O–H groups in total. The molecule has 0 spiro atoms. The summed E-state index contributed by atoms with van der Waals surface area (Å²) in [5, 5.41) is 2.81. The Hall–Kier alpha value is -2.48. The summed E-state index contributed by atoms with van der Waals surface area (Å²) < 4.78 is 49.6. The van der Waals surface area contributed by atoms with Gasteiger partial charge in [-0.2, -0.15) is 8.78 Å². The number of anilines is 2. The number of benzene rings is 2. The average molecular weight is 396 g/mol. The Morgan fingerprint density at radius 1 is 1.11 bits per heavy atom. The number of rotatable bonds is 6. The van der Waals surface area contributed by atoms with E-state index in [0.717, 1.165) is 22.8 Å². The lowest BCUT2D eigenvalue weighted by Gasteiger charge is -2.22. The predicted octanol–water partition coefficient (Wildman–Crippen LogP) is 3.68. The molecule has 0 radical (unpaired) electrons. The molecule has 0 unspecified atom stereocenters. The molecule has 0 saturated heterocycles. The lowest BCUT2D eigenvalue weighted by molar-refractivity contribution is -0.114. The molecule has 8 heteroatoms. The highest BCUT2D eigenvalue weighted by molar-refractivity contribution is 7.91. The molecule has 0 heterocycles. The number of alkyl halides is 2. The van der Waals surface area contributed by atoms with E-state index in [1.807, 2.05) is 32.9 Å². The van der Waals surface area contributed by atoms with Gasteiger partial charge < -0.3 is 10.2 Å². The minimum absolute atomic E-state index is 0.0466. The van der Waals surface area contributed by atoms with Crippen LogP contribution in [0.15, 0.2) is 41.3 Å². The second-order valence-electron chi connectivity index (χ2n) is 6.45. The molecule has 0 aromatic heterocycles. The van der Waals surface area contributed by atoms with Gasteiger partial charge in [0.25, 0.3) is 0 Å². The maximum absolute atomic E-state index is 12.9. The maximum Gasteiger partial charge on any atom is 0.341 e. The zero-order valence-electron chi connectivity index (χ0n) is 15.6. The summed E-state index contributed by atoms with van der Waals surface area (Å²) in [4.78, 5) is 13.3. The van der Waals surface area contributed by atoms with E-state index in [9.17, 15) is 22.0 Å². The average Bonchev–Trinajstić information content (AvgIpc) is 2.57. The number of hydrogen-bond acceptors (Lipinski definition) is 4. The number of amides is 1. The van der Waals surface area contributed by atoms with Crippen LogP contribution in [0.1, 0.15) is 16.7 Å². The van der Waals surface area contributed by atoms with Gasteiger partial charge in [0.15, 0.2) is 0 Å². The van der Waals surface area contributed by atoms with Crippen molar-refractivity contribution in [2.75, 3.05) is 23.8 Å². The fraction of sp³-hybridized carbons (Fsp3) is 0.316. The number of para-hydroxylation sites is 1. The smallest absolute Gasteiger partial charge is 0.341 e. The second kappa shape index (κ2) is 8.04. The van der Waals surface area contributed by atoms with Gasteiger partial charge in [-0.15, -0.1) is 0 Å². The molecule has 1 amide bonds. The van der Waals surface area contributed by atoms with E-state index >= 15 is 0 Å². The number of nitrogens with one attached hydrogen (secondary N) is 1. The first kappa shape index (κ1) is 20.8. The van der Waals surface area contributed by atoms with Crippen molar-refractivity contribution >= 4 is 27.1 Å². The van der Waals surface area contributed by atoms with Crippen molar-refractivity contribution in [3.05, 3.63) is 53.1 Å². The van der Waals surface area contributed by atoms with Crippen LogP contribution in [0.25, 0.3) is 0 Å². The van der Waals surface area contributed by atoms with Crippen molar-refractivity contribution in [2.45, 2.75) is 31.4 Å². The molecule has 0 aliphatic rings. The second-order valence-corrected chi connectivity index (χ2v) is 8.34. The van der Waals surface area contributed by atoms with Gasteiger partial charge in [0.1, 0.15) is 0 Å². The van der Waals surface area contributed by atoms with Gasteiger partial charge >= 0.3 is 5.76 Å². The minimum Gasteiger partial charge on any atom is -0.364 e. The molecular weight excluding hydrogens is 374 g/mol. The highest BCUT2D eigenvalue weighted by atomic mass is 32.2. The predicted molar refractivity (Wildman–Crippen MR) is 102 cm³/mol. The van der Waals surface area contributed by atoms with Crippen molar-refractivity contribution in [3.63, 3.8) is 0 Å². The topological polar surface area (TPSA) is 66.5 Å². The molecule has 0 aliphatic carbocycles. The molecule has 0 saturated carbocycles. The maximum atomic E-state index is 12.9. The van der Waals surface area contributed by atoms with Crippen LogP contribution in [-0.2, 0) is 14.6 Å². The van der Waals surface area contributed by atoms with Gasteiger partial charge in [0, 0.05) is 12.7 Å². The highest BCUT2D eigenvalue weighted by Gasteiger charge is 2.30. The van der Waals surface area contributed by atoms with Gasteiger partial charge in [0.2, 0.25) is 15.7 Å².